The maximum absolute atomic E-state index is 13.1. The van der Waals surface area contributed by atoms with E-state index in [0.717, 1.165) is 6.07 Å². The van der Waals surface area contributed by atoms with Crippen LogP contribution in [0.15, 0.2) is 23.2 Å². The summed E-state index contributed by atoms with van der Waals surface area (Å²) in [6.45, 7) is 7.47. The first-order chi connectivity index (χ1) is 10.8. The van der Waals surface area contributed by atoms with Crippen LogP contribution in [0.4, 0.5) is 8.78 Å². The maximum Gasteiger partial charge on any atom is 0.191 e. The largest absolute Gasteiger partial charge is 0.379 e. The fourth-order valence-electron chi connectivity index (χ4n) is 2.23. The minimum Gasteiger partial charge on any atom is -0.379 e. The van der Waals surface area contributed by atoms with Crippen molar-refractivity contribution in [3.63, 3.8) is 0 Å². The fraction of sp³-hybridized carbons (Fsp3) is 0.588. The number of nitrogens with zero attached hydrogens (tertiary/aromatic N) is 1. The summed E-state index contributed by atoms with van der Waals surface area (Å²) in [6.07, 6.45) is 0.542. The van der Waals surface area contributed by atoms with E-state index in [1.807, 2.05) is 0 Å². The zero-order chi connectivity index (χ0) is 17.5. The van der Waals surface area contributed by atoms with Crippen molar-refractivity contribution in [1.82, 2.24) is 10.6 Å². The molecule has 0 saturated heterocycles. The van der Waals surface area contributed by atoms with Gasteiger partial charge in [0, 0.05) is 33.3 Å². The summed E-state index contributed by atoms with van der Waals surface area (Å²) in [5.41, 5.74) is 0.620. The Morgan fingerprint density at radius 2 is 1.75 bits per heavy atom. The average Bonchev–Trinajstić information content (AvgIpc) is 2.43. The number of rotatable bonds is 6. The number of halogens is 3. The third kappa shape index (κ3) is 8.23. The molecule has 1 aromatic rings. The number of hydrogen-bond acceptors (Lipinski definition) is 2. The monoisotopic (exact) mass is 455 g/mol. The summed E-state index contributed by atoms with van der Waals surface area (Å²) < 4.78 is 31.7. The van der Waals surface area contributed by atoms with E-state index < -0.39 is 11.6 Å². The lowest BCUT2D eigenvalue weighted by molar-refractivity contribution is 0.0205. The number of hydrogen-bond donors (Lipinski definition) is 2. The van der Waals surface area contributed by atoms with Crippen molar-refractivity contribution in [2.24, 2.45) is 10.4 Å². The predicted octanol–water partition coefficient (Wildman–Crippen LogP) is 3.35. The zero-order valence-electron chi connectivity index (χ0n) is 15.0. The summed E-state index contributed by atoms with van der Waals surface area (Å²) in [7, 11) is 3.36. The fourth-order valence-corrected chi connectivity index (χ4v) is 2.23. The highest BCUT2D eigenvalue weighted by Gasteiger charge is 2.24. The smallest absolute Gasteiger partial charge is 0.191 e. The molecule has 0 bridgehead atoms. The van der Waals surface area contributed by atoms with Gasteiger partial charge in [0.25, 0.3) is 0 Å². The molecule has 4 nitrogen and oxygen atoms in total. The van der Waals surface area contributed by atoms with Crippen LogP contribution in [0, 0.1) is 17.0 Å². The van der Waals surface area contributed by atoms with Gasteiger partial charge in [-0.1, -0.05) is 20.8 Å². The van der Waals surface area contributed by atoms with Crippen molar-refractivity contribution in [3.8, 4) is 0 Å². The quantitative estimate of drug-likeness (QED) is 0.393. The Balaban J connectivity index is 0.00000529. The molecule has 1 atom stereocenters. The molecule has 0 spiro atoms. The first-order valence-electron chi connectivity index (χ1n) is 7.68. The Bertz CT molecular complexity index is 513. The number of ether oxygens (including phenoxy) is 1. The topological polar surface area (TPSA) is 45.7 Å². The molecule has 0 aliphatic rings. The Morgan fingerprint density at radius 3 is 2.21 bits per heavy atom. The van der Waals surface area contributed by atoms with E-state index in [1.165, 1.54) is 12.1 Å². The molecular weight excluding hydrogens is 427 g/mol. The molecule has 0 heterocycles. The van der Waals surface area contributed by atoms with E-state index in [0.29, 0.717) is 31.0 Å². The van der Waals surface area contributed by atoms with Gasteiger partial charge >= 0.3 is 0 Å². The number of benzene rings is 1. The molecule has 0 fully saturated rings. The first kappa shape index (κ1) is 23.0. The van der Waals surface area contributed by atoms with Crippen molar-refractivity contribution in [2.75, 3.05) is 27.2 Å². The summed E-state index contributed by atoms with van der Waals surface area (Å²) in [6, 6.07) is 3.54. The van der Waals surface area contributed by atoms with Gasteiger partial charge in [-0.2, -0.15) is 0 Å². The van der Waals surface area contributed by atoms with Crippen LogP contribution in [-0.2, 0) is 11.2 Å². The van der Waals surface area contributed by atoms with E-state index >= 15 is 0 Å². The lowest BCUT2D eigenvalue weighted by Crippen LogP contribution is -2.45. The third-order valence-corrected chi connectivity index (χ3v) is 3.56. The lowest BCUT2D eigenvalue weighted by Gasteiger charge is -2.30. The van der Waals surface area contributed by atoms with Crippen LogP contribution in [0.1, 0.15) is 26.3 Å². The van der Waals surface area contributed by atoms with Gasteiger partial charge in [-0.25, -0.2) is 8.78 Å². The highest BCUT2D eigenvalue weighted by atomic mass is 127. The van der Waals surface area contributed by atoms with Gasteiger partial charge in [0.15, 0.2) is 5.96 Å². The molecule has 1 unspecified atom stereocenters. The molecule has 0 aromatic heterocycles. The average molecular weight is 455 g/mol. The van der Waals surface area contributed by atoms with Gasteiger partial charge in [0.05, 0.1) is 6.10 Å². The van der Waals surface area contributed by atoms with Gasteiger partial charge in [-0.15, -0.1) is 24.0 Å². The molecule has 0 radical (unpaired) electrons. The predicted molar refractivity (Wildman–Crippen MR) is 105 cm³/mol. The molecule has 24 heavy (non-hydrogen) atoms. The molecule has 1 aromatic carbocycles. The van der Waals surface area contributed by atoms with E-state index in [9.17, 15) is 8.78 Å². The number of guanidine groups is 1. The molecular formula is C17H28F2IN3O. The van der Waals surface area contributed by atoms with Crippen LogP contribution < -0.4 is 10.6 Å². The van der Waals surface area contributed by atoms with Gasteiger partial charge in [-0.3, -0.25) is 4.99 Å². The minimum atomic E-state index is -0.560. The highest BCUT2D eigenvalue weighted by Crippen LogP contribution is 2.20. The normalized spacial score (nSPS) is 13.2. The van der Waals surface area contributed by atoms with Crippen LogP contribution in [-0.4, -0.2) is 39.3 Å². The maximum atomic E-state index is 13.1. The number of nitrogens with one attached hydrogen (secondary N) is 2. The van der Waals surface area contributed by atoms with Crippen molar-refractivity contribution in [3.05, 3.63) is 35.4 Å². The van der Waals surface area contributed by atoms with Gasteiger partial charge in [0.2, 0.25) is 0 Å². The van der Waals surface area contributed by atoms with Crippen molar-refractivity contribution < 1.29 is 13.5 Å². The van der Waals surface area contributed by atoms with Crippen LogP contribution >= 0.6 is 24.0 Å². The van der Waals surface area contributed by atoms with E-state index in [2.05, 4.69) is 36.4 Å². The van der Waals surface area contributed by atoms with Gasteiger partial charge in [0.1, 0.15) is 11.6 Å². The third-order valence-electron chi connectivity index (χ3n) is 3.56. The highest BCUT2D eigenvalue weighted by molar-refractivity contribution is 14.0. The second-order valence-corrected chi connectivity index (χ2v) is 6.50. The van der Waals surface area contributed by atoms with Crippen molar-refractivity contribution >= 4 is 29.9 Å². The zero-order valence-corrected chi connectivity index (χ0v) is 17.3. The Morgan fingerprint density at radius 1 is 1.17 bits per heavy atom. The minimum absolute atomic E-state index is 0. The molecule has 0 aliphatic carbocycles. The van der Waals surface area contributed by atoms with Crippen LogP contribution in [0.25, 0.3) is 0 Å². The summed E-state index contributed by atoms with van der Waals surface area (Å²) in [5.74, 6) is -0.487. The lowest BCUT2D eigenvalue weighted by atomic mass is 9.89. The van der Waals surface area contributed by atoms with Gasteiger partial charge in [-0.05, 0) is 29.5 Å². The SMILES string of the molecule is CN=C(NCCc1cc(F)cc(F)c1)NCC(OC)C(C)(C)C.I. The van der Waals surface area contributed by atoms with Crippen molar-refractivity contribution in [2.45, 2.75) is 33.3 Å². The standard InChI is InChI=1S/C17H27F2N3O.HI/c1-17(2,3)15(23-5)11-22-16(20-4)21-7-6-12-8-13(18)10-14(19)9-12;/h8-10,15H,6-7,11H2,1-5H3,(H2,20,21,22);1H. The summed E-state index contributed by atoms with van der Waals surface area (Å²) in [4.78, 5) is 4.13. The van der Waals surface area contributed by atoms with Crippen molar-refractivity contribution in [1.29, 1.82) is 0 Å². The summed E-state index contributed by atoms with van der Waals surface area (Å²) >= 11 is 0. The second kappa shape index (κ2) is 10.8. The number of aliphatic imine (C=N–C) groups is 1. The number of methoxy groups -OCH3 is 1. The Hall–Kier alpha value is -0.960. The van der Waals surface area contributed by atoms with Crippen LogP contribution in [0.3, 0.4) is 0 Å². The van der Waals surface area contributed by atoms with E-state index in [-0.39, 0.29) is 35.5 Å². The second-order valence-electron chi connectivity index (χ2n) is 6.50. The Kier molecular flexibility index (Phi) is 10.4. The molecule has 0 saturated carbocycles. The molecule has 0 amide bonds. The molecule has 138 valence electrons. The molecule has 1 rings (SSSR count). The first-order valence-corrected chi connectivity index (χ1v) is 7.68. The van der Waals surface area contributed by atoms with E-state index in [4.69, 9.17) is 4.74 Å². The van der Waals surface area contributed by atoms with Gasteiger partial charge < -0.3 is 15.4 Å². The van der Waals surface area contributed by atoms with Crippen LogP contribution in [0.5, 0.6) is 0 Å². The molecule has 0 aliphatic heterocycles. The van der Waals surface area contributed by atoms with Crippen LogP contribution in [0.2, 0.25) is 0 Å². The Labute approximate surface area is 160 Å². The summed E-state index contributed by atoms with van der Waals surface area (Å²) in [5, 5.41) is 6.33. The molecule has 2 N–H and O–H groups in total. The molecule has 7 heteroatoms. The van der Waals surface area contributed by atoms with E-state index in [1.54, 1.807) is 14.2 Å².